The normalized spacial score (nSPS) is 11.5. The fraction of sp³-hybridized carbons (Fsp3) is 0.222. The Bertz CT molecular complexity index is 759. The summed E-state index contributed by atoms with van der Waals surface area (Å²) in [5, 5.41) is 3.36. The Morgan fingerprint density at radius 3 is 2.40 bits per heavy atom. The fourth-order valence-electron chi connectivity index (χ4n) is 2.01. The maximum atomic E-state index is 12.1. The lowest BCUT2D eigenvalue weighted by molar-refractivity contribution is -0.155. The van der Waals surface area contributed by atoms with E-state index in [0.717, 1.165) is 5.56 Å². The van der Waals surface area contributed by atoms with E-state index < -0.39 is 18.0 Å². The van der Waals surface area contributed by atoms with Crippen molar-refractivity contribution < 1.29 is 19.1 Å². The largest absolute Gasteiger partial charge is 0.482 e. The molecule has 0 unspecified atom stereocenters. The van der Waals surface area contributed by atoms with Crippen LogP contribution in [-0.4, -0.2) is 24.6 Å². The molecule has 1 atom stereocenters. The van der Waals surface area contributed by atoms with Crippen LogP contribution in [0.2, 0.25) is 10.0 Å². The van der Waals surface area contributed by atoms with Crippen LogP contribution in [0.3, 0.4) is 0 Å². The van der Waals surface area contributed by atoms with Gasteiger partial charge >= 0.3 is 5.97 Å². The van der Waals surface area contributed by atoms with E-state index in [1.54, 1.807) is 30.3 Å². The van der Waals surface area contributed by atoms with Gasteiger partial charge in [-0.3, -0.25) is 4.79 Å². The van der Waals surface area contributed by atoms with Gasteiger partial charge in [0.25, 0.3) is 5.91 Å². The van der Waals surface area contributed by atoms with Crippen molar-refractivity contribution in [2.24, 2.45) is 0 Å². The highest BCUT2D eigenvalue weighted by molar-refractivity contribution is 6.35. The molecule has 7 heteroatoms. The van der Waals surface area contributed by atoms with Crippen molar-refractivity contribution in [1.29, 1.82) is 0 Å². The number of hydrogen-bond donors (Lipinski definition) is 1. The lowest BCUT2D eigenvalue weighted by atomic mass is 10.2. The predicted octanol–water partition coefficient (Wildman–Crippen LogP) is 4.25. The molecular weight excluding hydrogens is 365 g/mol. The molecule has 0 spiro atoms. The van der Waals surface area contributed by atoms with Gasteiger partial charge in [-0.15, -0.1) is 0 Å². The van der Waals surface area contributed by atoms with E-state index in [2.05, 4.69) is 5.32 Å². The van der Waals surface area contributed by atoms with Gasteiger partial charge in [0.1, 0.15) is 5.75 Å². The van der Waals surface area contributed by atoms with Crippen molar-refractivity contribution in [3.8, 4) is 5.75 Å². The summed E-state index contributed by atoms with van der Waals surface area (Å²) in [7, 11) is 0. The number of benzene rings is 2. The van der Waals surface area contributed by atoms with Crippen LogP contribution in [0.4, 0.5) is 5.69 Å². The number of halogens is 2. The highest BCUT2D eigenvalue weighted by Gasteiger charge is 2.18. The van der Waals surface area contributed by atoms with E-state index in [1.807, 2.05) is 19.1 Å². The third-order valence-electron chi connectivity index (χ3n) is 3.25. The first-order valence-corrected chi connectivity index (χ1v) is 8.25. The SMILES string of the molecule is Cc1ccccc1OCC(=O)O[C@H](C)C(=O)Nc1cc(Cl)cc(Cl)c1. The van der Waals surface area contributed by atoms with Gasteiger partial charge in [-0.2, -0.15) is 0 Å². The number of amides is 1. The van der Waals surface area contributed by atoms with Gasteiger partial charge in [-0.25, -0.2) is 4.79 Å². The molecular formula is C18H17Cl2NO4. The molecule has 0 saturated heterocycles. The second kappa shape index (κ2) is 8.74. The minimum atomic E-state index is -0.995. The second-order valence-electron chi connectivity index (χ2n) is 5.33. The molecule has 0 aliphatic heterocycles. The molecule has 2 rings (SSSR count). The zero-order valence-electron chi connectivity index (χ0n) is 13.7. The van der Waals surface area contributed by atoms with Gasteiger partial charge < -0.3 is 14.8 Å². The average molecular weight is 382 g/mol. The quantitative estimate of drug-likeness (QED) is 0.759. The summed E-state index contributed by atoms with van der Waals surface area (Å²) in [5.74, 6) is -0.553. The third kappa shape index (κ3) is 5.96. The molecule has 1 N–H and O–H groups in total. The predicted molar refractivity (Wildman–Crippen MR) is 97.3 cm³/mol. The average Bonchev–Trinajstić information content (AvgIpc) is 2.53. The number of rotatable bonds is 6. The number of carbonyl (C=O) groups is 2. The number of nitrogens with one attached hydrogen (secondary N) is 1. The number of ether oxygens (including phenoxy) is 2. The molecule has 0 fully saturated rings. The highest BCUT2D eigenvalue weighted by atomic mass is 35.5. The molecule has 0 saturated carbocycles. The lowest BCUT2D eigenvalue weighted by Gasteiger charge is -2.14. The summed E-state index contributed by atoms with van der Waals surface area (Å²) in [6.07, 6.45) is -0.995. The van der Waals surface area contributed by atoms with E-state index >= 15 is 0 Å². The number of aryl methyl sites for hydroxylation is 1. The van der Waals surface area contributed by atoms with Crippen LogP contribution in [0.15, 0.2) is 42.5 Å². The summed E-state index contributed by atoms with van der Waals surface area (Å²) in [6.45, 7) is 3.05. The van der Waals surface area contributed by atoms with Gasteiger partial charge in [-0.05, 0) is 43.7 Å². The number of hydrogen-bond acceptors (Lipinski definition) is 4. The van der Waals surface area contributed by atoms with Crippen LogP contribution in [0.1, 0.15) is 12.5 Å². The van der Waals surface area contributed by atoms with Crippen LogP contribution in [-0.2, 0) is 14.3 Å². The molecule has 132 valence electrons. The standard InChI is InChI=1S/C18H17Cl2NO4/c1-11-5-3-4-6-16(11)24-10-17(22)25-12(2)18(23)21-15-8-13(19)7-14(20)9-15/h3-9,12H,10H2,1-2H3,(H,21,23)/t12-/m1/s1. The van der Waals surface area contributed by atoms with Crippen molar-refractivity contribution in [2.45, 2.75) is 20.0 Å². The minimum Gasteiger partial charge on any atom is -0.482 e. The Labute approximate surface area is 155 Å². The van der Waals surface area contributed by atoms with Crippen LogP contribution >= 0.6 is 23.2 Å². The van der Waals surface area contributed by atoms with Crippen LogP contribution in [0, 0.1) is 6.92 Å². The number of anilines is 1. The summed E-state index contributed by atoms with van der Waals surface area (Å²) in [5.41, 5.74) is 1.32. The lowest BCUT2D eigenvalue weighted by Crippen LogP contribution is -2.31. The van der Waals surface area contributed by atoms with Crippen LogP contribution in [0.5, 0.6) is 5.75 Å². The van der Waals surface area contributed by atoms with Crippen molar-refractivity contribution >= 4 is 40.8 Å². The number of para-hydroxylation sites is 1. The maximum Gasteiger partial charge on any atom is 0.344 e. The molecule has 0 aromatic heterocycles. The van der Waals surface area contributed by atoms with Crippen LogP contribution in [0.25, 0.3) is 0 Å². The van der Waals surface area contributed by atoms with Crippen molar-refractivity contribution in [3.05, 3.63) is 58.1 Å². The molecule has 0 aliphatic carbocycles. The Morgan fingerprint density at radius 1 is 1.12 bits per heavy atom. The molecule has 2 aromatic carbocycles. The van der Waals surface area contributed by atoms with Gasteiger partial charge in [0.05, 0.1) is 0 Å². The Kier molecular flexibility index (Phi) is 6.67. The van der Waals surface area contributed by atoms with Crippen molar-refractivity contribution in [3.63, 3.8) is 0 Å². The van der Waals surface area contributed by atoms with Crippen molar-refractivity contribution in [1.82, 2.24) is 0 Å². The molecule has 2 aromatic rings. The summed E-state index contributed by atoms with van der Waals surface area (Å²) in [6, 6.07) is 11.9. The molecule has 0 radical (unpaired) electrons. The monoisotopic (exact) mass is 381 g/mol. The van der Waals surface area contributed by atoms with E-state index in [-0.39, 0.29) is 6.61 Å². The molecule has 0 aliphatic rings. The third-order valence-corrected chi connectivity index (χ3v) is 3.68. The van der Waals surface area contributed by atoms with Gasteiger partial charge in [0.15, 0.2) is 12.7 Å². The topological polar surface area (TPSA) is 64.6 Å². The number of carbonyl (C=O) groups excluding carboxylic acids is 2. The maximum absolute atomic E-state index is 12.1. The molecule has 1 amide bonds. The van der Waals surface area contributed by atoms with Crippen molar-refractivity contribution in [2.75, 3.05) is 11.9 Å². The molecule has 0 heterocycles. The molecule has 0 bridgehead atoms. The zero-order chi connectivity index (χ0) is 18.4. The minimum absolute atomic E-state index is 0.286. The molecule has 5 nitrogen and oxygen atoms in total. The van der Waals surface area contributed by atoms with Gasteiger partial charge in [0, 0.05) is 15.7 Å². The van der Waals surface area contributed by atoms with E-state index in [1.165, 1.54) is 6.92 Å². The first-order chi connectivity index (χ1) is 11.8. The summed E-state index contributed by atoms with van der Waals surface area (Å²) >= 11 is 11.7. The van der Waals surface area contributed by atoms with Crippen LogP contribution < -0.4 is 10.1 Å². The zero-order valence-corrected chi connectivity index (χ0v) is 15.2. The van der Waals surface area contributed by atoms with Gasteiger partial charge in [-0.1, -0.05) is 41.4 Å². The fourth-order valence-corrected chi connectivity index (χ4v) is 2.54. The Morgan fingerprint density at radius 2 is 1.76 bits per heavy atom. The first kappa shape index (κ1) is 19.1. The van der Waals surface area contributed by atoms with Gasteiger partial charge in [0.2, 0.25) is 0 Å². The Balaban J connectivity index is 1.85. The highest BCUT2D eigenvalue weighted by Crippen LogP contribution is 2.22. The van der Waals surface area contributed by atoms with E-state index in [9.17, 15) is 9.59 Å². The Hall–Kier alpha value is -2.24. The first-order valence-electron chi connectivity index (χ1n) is 7.50. The number of esters is 1. The van der Waals surface area contributed by atoms with E-state index in [0.29, 0.717) is 21.5 Å². The molecule has 25 heavy (non-hydrogen) atoms. The smallest absolute Gasteiger partial charge is 0.344 e. The summed E-state index contributed by atoms with van der Waals surface area (Å²) in [4.78, 5) is 23.9. The second-order valence-corrected chi connectivity index (χ2v) is 6.21. The van der Waals surface area contributed by atoms with E-state index in [4.69, 9.17) is 32.7 Å². The summed E-state index contributed by atoms with van der Waals surface area (Å²) < 4.78 is 10.5.